The van der Waals surface area contributed by atoms with E-state index in [0.29, 0.717) is 24.3 Å². The summed E-state index contributed by atoms with van der Waals surface area (Å²) in [7, 11) is 1.51. The average Bonchev–Trinajstić information content (AvgIpc) is 2.48. The van der Waals surface area contributed by atoms with Crippen LogP contribution in [0, 0.1) is 11.7 Å². The maximum Gasteiger partial charge on any atom is 0.169 e. The molecular weight excluding hydrogens is 267 g/mol. The van der Waals surface area contributed by atoms with Crippen LogP contribution >= 0.6 is 0 Å². The Bertz CT molecular complexity index is 452. The lowest BCUT2D eigenvalue weighted by Gasteiger charge is -2.37. The number of likely N-dealkylation sites (tertiary alicyclic amines) is 1. The highest BCUT2D eigenvalue weighted by atomic mass is 19.1. The Balaban J connectivity index is 1.93. The van der Waals surface area contributed by atoms with Crippen molar-refractivity contribution in [2.24, 2.45) is 5.92 Å². The van der Waals surface area contributed by atoms with Gasteiger partial charge in [0.25, 0.3) is 0 Å². The first-order valence-corrected chi connectivity index (χ1v) is 7.92. The lowest BCUT2D eigenvalue weighted by atomic mass is 9.93. The van der Waals surface area contributed by atoms with Crippen molar-refractivity contribution in [2.75, 3.05) is 26.7 Å². The zero-order chi connectivity index (χ0) is 15.2. The molecule has 1 saturated heterocycles. The van der Waals surface area contributed by atoms with Gasteiger partial charge in [0, 0.05) is 24.7 Å². The fourth-order valence-corrected chi connectivity index (χ4v) is 3.09. The first-order chi connectivity index (χ1) is 10.2. The molecular formula is C17H27FN2O. The third-order valence-electron chi connectivity index (χ3n) is 4.30. The third-order valence-corrected chi connectivity index (χ3v) is 4.30. The van der Waals surface area contributed by atoms with Crippen LogP contribution in [0.1, 0.15) is 32.3 Å². The van der Waals surface area contributed by atoms with Gasteiger partial charge in [0.05, 0.1) is 7.11 Å². The van der Waals surface area contributed by atoms with E-state index < -0.39 is 0 Å². The van der Waals surface area contributed by atoms with Crippen molar-refractivity contribution in [1.29, 1.82) is 0 Å². The summed E-state index contributed by atoms with van der Waals surface area (Å²) in [6, 6.07) is 5.97. The van der Waals surface area contributed by atoms with Crippen molar-refractivity contribution in [3.8, 4) is 5.75 Å². The molecule has 1 aromatic rings. The molecule has 1 heterocycles. The highest BCUT2D eigenvalue weighted by Crippen LogP contribution is 2.24. The molecule has 3 nitrogen and oxygen atoms in total. The van der Waals surface area contributed by atoms with Crippen molar-refractivity contribution in [2.45, 2.75) is 39.3 Å². The maximum atomic E-state index is 14.2. The molecule has 2 unspecified atom stereocenters. The third kappa shape index (κ3) is 4.17. The van der Waals surface area contributed by atoms with Gasteiger partial charge in [-0.3, -0.25) is 4.90 Å². The van der Waals surface area contributed by atoms with Gasteiger partial charge in [0.15, 0.2) is 11.6 Å². The largest absolute Gasteiger partial charge is 0.494 e. The van der Waals surface area contributed by atoms with Crippen molar-refractivity contribution < 1.29 is 9.13 Å². The van der Waals surface area contributed by atoms with Gasteiger partial charge in [-0.1, -0.05) is 26.0 Å². The second kappa shape index (κ2) is 7.76. The van der Waals surface area contributed by atoms with E-state index >= 15 is 0 Å². The zero-order valence-electron chi connectivity index (χ0n) is 13.4. The highest BCUT2D eigenvalue weighted by molar-refractivity contribution is 5.31. The van der Waals surface area contributed by atoms with Gasteiger partial charge >= 0.3 is 0 Å². The Hall–Kier alpha value is -1.13. The minimum absolute atomic E-state index is 0.223. The summed E-state index contributed by atoms with van der Waals surface area (Å²) in [5.74, 6) is 0.706. The molecule has 0 spiro atoms. The van der Waals surface area contributed by atoms with Gasteiger partial charge in [-0.25, -0.2) is 4.39 Å². The van der Waals surface area contributed by atoms with Crippen LogP contribution in [0.5, 0.6) is 5.75 Å². The highest BCUT2D eigenvalue weighted by Gasteiger charge is 2.26. The molecule has 1 aliphatic heterocycles. The molecule has 0 bridgehead atoms. The number of nitrogens with one attached hydrogen (secondary N) is 1. The van der Waals surface area contributed by atoms with E-state index in [1.165, 1.54) is 13.5 Å². The number of hydrogen-bond acceptors (Lipinski definition) is 3. The Morgan fingerprint density at radius 1 is 1.43 bits per heavy atom. The maximum absolute atomic E-state index is 14.2. The quantitative estimate of drug-likeness (QED) is 0.873. The first-order valence-electron chi connectivity index (χ1n) is 7.92. The van der Waals surface area contributed by atoms with Crippen LogP contribution in [-0.2, 0) is 6.54 Å². The van der Waals surface area contributed by atoms with E-state index in [1.54, 1.807) is 6.07 Å². The van der Waals surface area contributed by atoms with Crippen LogP contribution in [0.15, 0.2) is 18.2 Å². The molecule has 118 valence electrons. The topological polar surface area (TPSA) is 24.5 Å². The molecule has 0 amide bonds. The predicted octanol–water partition coefficient (Wildman–Crippen LogP) is 3.04. The summed E-state index contributed by atoms with van der Waals surface area (Å²) < 4.78 is 19.3. The Labute approximate surface area is 127 Å². The summed E-state index contributed by atoms with van der Waals surface area (Å²) in [6.07, 6.45) is 2.30. The number of hydrogen-bond donors (Lipinski definition) is 1. The molecule has 0 aromatic heterocycles. The van der Waals surface area contributed by atoms with Crippen molar-refractivity contribution in [3.05, 3.63) is 29.6 Å². The summed E-state index contributed by atoms with van der Waals surface area (Å²) in [4.78, 5) is 2.34. The zero-order valence-corrected chi connectivity index (χ0v) is 13.4. The van der Waals surface area contributed by atoms with Crippen LogP contribution in [0.2, 0.25) is 0 Å². The normalized spacial score (nSPS) is 23.2. The molecule has 1 fully saturated rings. The summed E-state index contributed by atoms with van der Waals surface area (Å²) in [5.41, 5.74) is 0.724. The van der Waals surface area contributed by atoms with Gasteiger partial charge in [-0.15, -0.1) is 0 Å². The molecule has 1 aliphatic rings. The van der Waals surface area contributed by atoms with Crippen LogP contribution in [-0.4, -0.2) is 37.7 Å². The SMILES string of the molecule is CCCNC1CCN(Cc2cccc(OC)c2F)CC1C. The minimum Gasteiger partial charge on any atom is -0.494 e. The van der Waals surface area contributed by atoms with Gasteiger partial charge in [-0.05, 0) is 37.9 Å². The molecule has 2 atom stereocenters. The van der Waals surface area contributed by atoms with E-state index in [9.17, 15) is 4.39 Å². The fraction of sp³-hybridized carbons (Fsp3) is 0.647. The van der Waals surface area contributed by atoms with Gasteiger partial charge in [-0.2, -0.15) is 0 Å². The van der Waals surface area contributed by atoms with Crippen LogP contribution in [0.4, 0.5) is 4.39 Å². The number of halogens is 1. The predicted molar refractivity (Wildman–Crippen MR) is 84.1 cm³/mol. The summed E-state index contributed by atoms with van der Waals surface area (Å²) in [5, 5.41) is 3.61. The molecule has 2 rings (SSSR count). The van der Waals surface area contributed by atoms with Gasteiger partial charge in [0.1, 0.15) is 0 Å². The lowest BCUT2D eigenvalue weighted by Crippen LogP contribution is -2.48. The monoisotopic (exact) mass is 294 g/mol. The van der Waals surface area contributed by atoms with Gasteiger partial charge in [0.2, 0.25) is 0 Å². The molecule has 21 heavy (non-hydrogen) atoms. The molecule has 0 aliphatic carbocycles. The van der Waals surface area contributed by atoms with Crippen molar-refractivity contribution in [1.82, 2.24) is 10.2 Å². The Morgan fingerprint density at radius 2 is 2.24 bits per heavy atom. The second-order valence-corrected chi connectivity index (χ2v) is 6.00. The summed E-state index contributed by atoms with van der Waals surface area (Å²) >= 11 is 0. The lowest BCUT2D eigenvalue weighted by molar-refractivity contribution is 0.139. The molecule has 1 aromatic carbocycles. The van der Waals surface area contributed by atoms with E-state index in [0.717, 1.165) is 31.6 Å². The van der Waals surface area contributed by atoms with Crippen molar-refractivity contribution >= 4 is 0 Å². The average molecular weight is 294 g/mol. The molecule has 1 N–H and O–H groups in total. The second-order valence-electron chi connectivity index (χ2n) is 6.00. The Morgan fingerprint density at radius 3 is 2.90 bits per heavy atom. The number of ether oxygens (including phenoxy) is 1. The number of benzene rings is 1. The Kier molecular flexibility index (Phi) is 6.00. The number of piperidine rings is 1. The van der Waals surface area contributed by atoms with E-state index in [-0.39, 0.29) is 5.82 Å². The molecule has 4 heteroatoms. The minimum atomic E-state index is -0.223. The summed E-state index contributed by atoms with van der Waals surface area (Å²) in [6.45, 7) is 8.24. The van der Waals surface area contributed by atoms with E-state index in [1.807, 2.05) is 12.1 Å². The smallest absolute Gasteiger partial charge is 0.169 e. The van der Waals surface area contributed by atoms with E-state index in [4.69, 9.17) is 4.74 Å². The van der Waals surface area contributed by atoms with Crippen LogP contribution in [0.3, 0.4) is 0 Å². The number of nitrogens with zero attached hydrogens (tertiary/aromatic N) is 1. The van der Waals surface area contributed by atoms with Crippen molar-refractivity contribution in [3.63, 3.8) is 0 Å². The molecule has 0 radical (unpaired) electrons. The van der Waals surface area contributed by atoms with Crippen LogP contribution < -0.4 is 10.1 Å². The first kappa shape index (κ1) is 16.2. The number of methoxy groups -OCH3 is 1. The molecule has 0 saturated carbocycles. The number of rotatable bonds is 6. The van der Waals surface area contributed by atoms with E-state index in [2.05, 4.69) is 24.1 Å². The fourth-order valence-electron chi connectivity index (χ4n) is 3.09. The van der Waals surface area contributed by atoms with Crippen LogP contribution in [0.25, 0.3) is 0 Å². The van der Waals surface area contributed by atoms with Gasteiger partial charge < -0.3 is 10.1 Å². The standard InChI is InChI=1S/C17H27FN2O/c1-4-9-19-15-8-10-20(11-13(15)2)12-14-6-5-7-16(21-3)17(14)18/h5-7,13,15,19H,4,8-12H2,1-3H3.